The van der Waals surface area contributed by atoms with Crippen LogP contribution in [-0.4, -0.2) is 23.3 Å². The second kappa shape index (κ2) is 6.08. The van der Waals surface area contributed by atoms with Crippen LogP contribution in [0.1, 0.15) is 59.8 Å². The Morgan fingerprint density at radius 2 is 2.21 bits per heavy atom. The lowest BCUT2D eigenvalue weighted by molar-refractivity contribution is -0.148. The fourth-order valence-electron chi connectivity index (χ4n) is 3.05. The highest BCUT2D eigenvalue weighted by molar-refractivity contribution is 5.65. The highest BCUT2D eigenvalue weighted by Crippen LogP contribution is 2.45. The van der Waals surface area contributed by atoms with Crippen LogP contribution in [0.15, 0.2) is 12.2 Å². The maximum Gasteiger partial charge on any atom is 0.302 e. The first-order chi connectivity index (χ1) is 8.64. The highest BCUT2D eigenvalue weighted by atomic mass is 16.5. The lowest BCUT2D eigenvalue weighted by Crippen LogP contribution is -2.35. The zero-order valence-electron chi connectivity index (χ0n) is 12.8. The third kappa shape index (κ3) is 4.98. The van der Waals surface area contributed by atoms with Crippen LogP contribution in [0, 0.1) is 11.3 Å². The first-order valence-electron chi connectivity index (χ1n) is 7.17. The van der Waals surface area contributed by atoms with Crippen LogP contribution >= 0.6 is 0 Å². The zero-order valence-corrected chi connectivity index (χ0v) is 12.8. The van der Waals surface area contributed by atoms with E-state index in [1.165, 1.54) is 25.3 Å². The van der Waals surface area contributed by atoms with Gasteiger partial charge >= 0.3 is 5.97 Å². The Morgan fingerprint density at radius 3 is 2.74 bits per heavy atom. The Hall–Kier alpha value is -0.830. The van der Waals surface area contributed by atoms with Gasteiger partial charge in [0.2, 0.25) is 0 Å². The molecule has 1 N–H and O–H groups in total. The van der Waals surface area contributed by atoms with Crippen molar-refractivity contribution in [1.82, 2.24) is 0 Å². The molecule has 0 bridgehead atoms. The van der Waals surface area contributed by atoms with Gasteiger partial charge in [-0.3, -0.25) is 4.79 Å². The van der Waals surface area contributed by atoms with Gasteiger partial charge in [0.1, 0.15) is 6.61 Å². The van der Waals surface area contributed by atoms with Crippen LogP contribution in [-0.2, 0) is 9.53 Å². The van der Waals surface area contributed by atoms with Gasteiger partial charge in [-0.1, -0.05) is 26.0 Å². The summed E-state index contributed by atoms with van der Waals surface area (Å²) in [6, 6.07) is 0. The van der Waals surface area contributed by atoms with E-state index < -0.39 is 5.60 Å². The summed E-state index contributed by atoms with van der Waals surface area (Å²) in [7, 11) is 0. The van der Waals surface area contributed by atoms with E-state index in [1.807, 2.05) is 0 Å². The average Bonchev–Trinajstić information content (AvgIpc) is 2.25. The summed E-state index contributed by atoms with van der Waals surface area (Å²) in [6.45, 7) is 11.9. The van der Waals surface area contributed by atoms with Crippen molar-refractivity contribution in [1.29, 1.82) is 0 Å². The van der Waals surface area contributed by atoms with Gasteiger partial charge in [-0.2, -0.15) is 0 Å². The Balaban J connectivity index is 2.54. The number of ether oxygens (including phenoxy) is 1. The molecule has 110 valence electrons. The number of rotatable bonds is 5. The largest absolute Gasteiger partial charge is 0.463 e. The molecule has 1 saturated carbocycles. The van der Waals surface area contributed by atoms with Gasteiger partial charge in [-0.15, -0.1) is 0 Å². The summed E-state index contributed by atoms with van der Waals surface area (Å²) in [5, 5.41) is 10.2. The Morgan fingerprint density at radius 1 is 1.58 bits per heavy atom. The van der Waals surface area contributed by atoms with Crippen molar-refractivity contribution in [3.05, 3.63) is 12.2 Å². The molecule has 0 aromatic heterocycles. The van der Waals surface area contributed by atoms with E-state index in [4.69, 9.17) is 4.74 Å². The molecular weight excluding hydrogens is 240 g/mol. The van der Waals surface area contributed by atoms with Crippen molar-refractivity contribution in [2.24, 2.45) is 11.3 Å². The summed E-state index contributed by atoms with van der Waals surface area (Å²) in [6.07, 6.45) is 5.06. The Bertz CT molecular complexity index is 342. The minimum absolute atomic E-state index is 0.0714. The van der Waals surface area contributed by atoms with Crippen molar-refractivity contribution in [2.75, 3.05) is 6.61 Å². The van der Waals surface area contributed by atoms with Gasteiger partial charge in [-0.25, -0.2) is 0 Å². The van der Waals surface area contributed by atoms with Crippen LogP contribution < -0.4 is 0 Å². The molecule has 0 aromatic carbocycles. The monoisotopic (exact) mass is 268 g/mol. The molecule has 3 nitrogen and oxygen atoms in total. The predicted molar refractivity (Wildman–Crippen MR) is 76.8 cm³/mol. The number of hydrogen-bond acceptors (Lipinski definition) is 3. The van der Waals surface area contributed by atoms with E-state index in [0.717, 1.165) is 12.8 Å². The molecule has 0 aliphatic heterocycles. The fourth-order valence-corrected chi connectivity index (χ4v) is 3.05. The topological polar surface area (TPSA) is 46.5 Å². The quantitative estimate of drug-likeness (QED) is 0.613. The SMILES string of the molecule is C=C1CCCC(C)(C)C1CCC(C)(O)COC(C)=O. The molecule has 0 aromatic rings. The summed E-state index contributed by atoms with van der Waals surface area (Å²) >= 11 is 0. The summed E-state index contributed by atoms with van der Waals surface area (Å²) in [5.41, 5.74) is 0.617. The van der Waals surface area contributed by atoms with Crippen molar-refractivity contribution >= 4 is 5.97 Å². The normalized spacial score (nSPS) is 25.7. The summed E-state index contributed by atoms with van der Waals surface area (Å²) in [4.78, 5) is 10.8. The number of carbonyl (C=O) groups is 1. The molecule has 1 aliphatic carbocycles. The van der Waals surface area contributed by atoms with Crippen LogP contribution in [0.25, 0.3) is 0 Å². The van der Waals surface area contributed by atoms with E-state index in [9.17, 15) is 9.90 Å². The molecular formula is C16H28O3. The van der Waals surface area contributed by atoms with Crippen molar-refractivity contribution in [3.63, 3.8) is 0 Å². The number of aliphatic hydroxyl groups is 1. The average molecular weight is 268 g/mol. The Kier molecular flexibility index (Phi) is 5.19. The lowest BCUT2D eigenvalue weighted by Gasteiger charge is -2.41. The number of carbonyl (C=O) groups excluding carboxylic acids is 1. The van der Waals surface area contributed by atoms with Gasteiger partial charge < -0.3 is 9.84 Å². The first-order valence-corrected chi connectivity index (χ1v) is 7.17. The molecule has 0 saturated heterocycles. The number of allylic oxidation sites excluding steroid dienone is 1. The van der Waals surface area contributed by atoms with E-state index in [0.29, 0.717) is 12.3 Å². The van der Waals surface area contributed by atoms with Crippen molar-refractivity contribution in [3.8, 4) is 0 Å². The maximum absolute atomic E-state index is 10.8. The molecule has 2 unspecified atom stereocenters. The predicted octanol–water partition coefficient (Wildman–Crippen LogP) is 3.46. The summed E-state index contributed by atoms with van der Waals surface area (Å²) in [5.74, 6) is 0.104. The number of hydrogen-bond donors (Lipinski definition) is 1. The molecule has 3 heteroatoms. The summed E-state index contributed by atoms with van der Waals surface area (Å²) < 4.78 is 4.91. The van der Waals surface area contributed by atoms with Crippen LogP contribution in [0.5, 0.6) is 0 Å². The third-order valence-corrected chi connectivity index (χ3v) is 4.31. The molecule has 2 atom stereocenters. The van der Waals surface area contributed by atoms with Gasteiger partial charge in [0.25, 0.3) is 0 Å². The molecule has 19 heavy (non-hydrogen) atoms. The highest BCUT2D eigenvalue weighted by Gasteiger charge is 2.36. The molecule has 0 spiro atoms. The first kappa shape index (κ1) is 16.2. The fraction of sp³-hybridized carbons (Fsp3) is 0.812. The molecule has 1 fully saturated rings. The second-order valence-electron chi connectivity index (χ2n) is 6.87. The van der Waals surface area contributed by atoms with Gasteiger partial charge in [0, 0.05) is 6.92 Å². The number of esters is 1. The van der Waals surface area contributed by atoms with Gasteiger partial charge in [-0.05, 0) is 50.4 Å². The van der Waals surface area contributed by atoms with Crippen molar-refractivity contribution < 1.29 is 14.6 Å². The van der Waals surface area contributed by atoms with E-state index in [-0.39, 0.29) is 18.0 Å². The molecule has 1 rings (SSSR count). The minimum atomic E-state index is -0.945. The molecule has 0 heterocycles. The smallest absolute Gasteiger partial charge is 0.302 e. The molecule has 0 amide bonds. The van der Waals surface area contributed by atoms with Crippen LogP contribution in [0.3, 0.4) is 0 Å². The lowest BCUT2D eigenvalue weighted by atomic mass is 9.64. The van der Waals surface area contributed by atoms with Gasteiger partial charge in [0.05, 0.1) is 5.60 Å². The Labute approximate surface area is 117 Å². The van der Waals surface area contributed by atoms with E-state index in [2.05, 4.69) is 20.4 Å². The van der Waals surface area contributed by atoms with E-state index in [1.54, 1.807) is 6.92 Å². The molecule has 0 radical (unpaired) electrons. The maximum atomic E-state index is 10.8. The van der Waals surface area contributed by atoms with Crippen LogP contribution in [0.4, 0.5) is 0 Å². The molecule has 1 aliphatic rings. The van der Waals surface area contributed by atoms with Crippen LogP contribution in [0.2, 0.25) is 0 Å². The van der Waals surface area contributed by atoms with Gasteiger partial charge in [0.15, 0.2) is 0 Å². The van der Waals surface area contributed by atoms with Crippen molar-refractivity contribution in [2.45, 2.75) is 65.4 Å². The third-order valence-electron chi connectivity index (χ3n) is 4.31. The standard InChI is InChI=1S/C16H28O3/c1-12-7-6-9-15(3,4)14(12)8-10-16(5,18)11-19-13(2)17/h14,18H,1,6-11H2,2-5H3. The minimum Gasteiger partial charge on any atom is -0.463 e. The second-order valence-corrected chi connectivity index (χ2v) is 6.87. The zero-order chi connectivity index (χ0) is 14.7. The van der Waals surface area contributed by atoms with E-state index >= 15 is 0 Å².